The highest BCUT2D eigenvalue weighted by Crippen LogP contribution is 2.31. The van der Waals surface area contributed by atoms with E-state index in [-0.39, 0.29) is 0 Å². The molecule has 1 aromatic carbocycles. The topological polar surface area (TPSA) is 15.7 Å². The second kappa shape index (κ2) is 4.98. The molecule has 0 N–H and O–H groups in total. The molecule has 0 saturated carbocycles. The Bertz CT molecular complexity index is 438. The van der Waals surface area contributed by atoms with Gasteiger partial charge in [0.15, 0.2) is 0 Å². The third-order valence-corrected chi connectivity index (χ3v) is 4.40. The van der Waals surface area contributed by atoms with Crippen molar-refractivity contribution in [3.05, 3.63) is 23.2 Å². The maximum atomic E-state index is 6.07. The summed E-state index contributed by atoms with van der Waals surface area (Å²) in [6, 6.07) is 6.81. The molecule has 4 heteroatoms. The van der Waals surface area contributed by atoms with Crippen LogP contribution in [-0.4, -0.2) is 44.2 Å². The average Bonchev–Trinajstić information content (AvgIpc) is 2.86. The van der Waals surface area contributed by atoms with Gasteiger partial charge in [-0.3, -0.25) is 4.90 Å². The highest BCUT2D eigenvalue weighted by atomic mass is 35.5. The molecule has 2 fully saturated rings. The Morgan fingerprint density at radius 1 is 1.28 bits per heavy atom. The van der Waals surface area contributed by atoms with E-state index in [1.165, 1.54) is 31.6 Å². The van der Waals surface area contributed by atoms with Gasteiger partial charge in [0.2, 0.25) is 0 Å². The zero-order chi connectivity index (χ0) is 12.5. The van der Waals surface area contributed by atoms with Crippen LogP contribution >= 0.6 is 11.6 Å². The predicted octanol–water partition coefficient (Wildman–Crippen LogP) is 2.63. The molecule has 3 rings (SSSR count). The average molecular weight is 267 g/mol. The Morgan fingerprint density at radius 3 is 3.00 bits per heavy atom. The normalized spacial score (nSPS) is 24.1. The molecular formula is C14H19ClN2O. The fraction of sp³-hybridized carbons (Fsp3) is 0.571. The van der Waals surface area contributed by atoms with Crippen LogP contribution in [0.3, 0.4) is 0 Å². The first-order valence-corrected chi connectivity index (χ1v) is 6.98. The summed E-state index contributed by atoms with van der Waals surface area (Å²) in [7, 11) is 1.67. The lowest BCUT2D eigenvalue weighted by molar-refractivity contribution is 0.231. The first kappa shape index (κ1) is 12.1. The third-order valence-electron chi connectivity index (χ3n) is 4.09. The lowest BCUT2D eigenvalue weighted by Gasteiger charge is -2.38. The summed E-state index contributed by atoms with van der Waals surface area (Å²) in [6.07, 6.45) is 2.68. The zero-order valence-electron chi connectivity index (χ0n) is 10.7. The number of halogens is 1. The summed E-state index contributed by atoms with van der Waals surface area (Å²) in [5, 5.41) is 0.681. The molecule has 2 aliphatic rings. The van der Waals surface area contributed by atoms with Crippen molar-refractivity contribution in [1.29, 1.82) is 0 Å². The molecule has 1 atom stereocenters. The van der Waals surface area contributed by atoms with E-state index in [1.807, 2.05) is 12.1 Å². The maximum absolute atomic E-state index is 6.07. The Labute approximate surface area is 113 Å². The minimum atomic E-state index is 0.681. The molecule has 0 bridgehead atoms. The molecular weight excluding hydrogens is 248 g/mol. The predicted molar refractivity (Wildman–Crippen MR) is 74.8 cm³/mol. The van der Waals surface area contributed by atoms with Crippen LogP contribution in [0.5, 0.6) is 5.75 Å². The number of benzene rings is 1. The van der Waals surface area contributed by atoms with Crippen molar-refractivity contribution >= 4 is 17.3 Å². The molecule has 2 heterocycles. The van der Waals surface area contributed by atoms with Gasteiger partial charge in [0.05, 0.1) is 12.1 Å². The number of ether oxygens (including phenoxy) is 1. The van der Waals surface area contributed by atoms with E-state index in [1.54, 1.807) is 7.11 Å². The van der Waals surface area contributed by atoms with Crippen molar-refractivity contribution in [2.75, 3.05) is 38.2 Å². The zero-order valence-corrected chi connectivity index (χ0v) is 11.5. The van der Waals surface area contributed by atoms with Crippen LogP contribution in [0.4, 0.5) is 5.69 Å². The van der Waals surface area contributed by atoms with Crippen LogP contribution in [0.1, 0.15) is 12.8 Å². The molecule has 0 radical (unpaired) electrons. The standard InChI is InChI=1S/C14H19ClN2O/c1-18-14-9-11(4-5-13(14)15)17-8-7-16-6-2-3-12(16)10-17/h4-5,9,12H,2-3,6-8,10H2,1H3. The second-order valence-electron chi connectivity index (χ2n) is 5.10. The van der Waals surface area contributed by atoms with Crippen LogP contribution in [0.2, 0.25) is 5.02 Å². The quantitative estimate of drug-likeness (QED) is 0.819. The molecule has 2 saturated heterocycles. The molecule has 0 amide bonds. The summed E-state index contributed by atoms with van der Waals surface area (Å²) in [6.45, 7) is 4.68. The van der Waals surface area contributed by atoms with Gasteiger partial charge in [-0.15, -0.1) is 0 Å². The fourth-order valence-corrected chi connectivity index (χ4v) is 3.27. The smallest absolute Gasteiger partial charge is 0.139 e. The SMILES string of the molecule is COc1cc(N2CCN3CCCC3C2)ccc1Cl. The van der Waals surface area contributed by atoms with E-state index >= 15 is 0 Å². The number of piperazine rings is 1. The van der Waals surface area contributed by atoms with E-state index in [0.29, 0.717) is 5.02 Å². The van der Waals surface area contributed by atoms with Crippen molar-refractivity contribution < 1.29 is 4.74 Å². The Kier molecular flexibility index (Phi) is 3.35. The van der Waals surface area contributed by atoms with Crippen molar-refractivity contribution in [3.63, 3.8) is 0 Å². The second-order valence-corrected chi connectivity index (χ2v) is 5.50. The number of hydrogen-bond acceptors (Lipinski definition) is 3. The van der Waals surface area contributed by atoms with Gasteiger partial charge in [-0.05, 0) is 31.5 Å². The van der Waals surface area contributed by atoms with E-state index in [2.05, 4.69) is 15.9 Å². The summed E-state index contributed by atoms with van der Waals surface area (Å²) < 4.78 is 5.29. The van der Waals surface area contributed by atoms with Gasteiger partial charge in [-0.1, -0.05) is 11.6 Å². The first-order chi connectivity index (χ1) is 8.78. The minimum Gasteiger partial charge on any atom is -0.495 e. The van der Waals surface area contributed by atoms with E-state index in [0.717, 1.165) is 24.9 Å². The Morgan fingerprint density at radius 2 is 2.17 bits per heavy atom. The Hall–Kier alpha value is -0.930. The van der Waals surface area contributed by atoms with Gasteiger partial charge < -0.3 is 9.64 Å². The van der Waals surface area contributed by atoms with Crippen LogP contribution in [-0.2, 0) is 0 Å². The van der Waals surface area contributed by atoms with E-state index in [4.69, 9.17) is 16.3 Å². The van der Waals surface area contributed by atoms with Gasteiger partial charge in [0, 0.05) is 37.4 Å². The van der Waals surface area contributed by atoms with E-state index in [9.17, 15) is 0 Å². The number of anilines is 1. The molecule has 3 nitrogen and oxygen atoms in total. The highest BCUT2D eigenvalue weighted by molar-refractivity contribution is 6.32. The fourth-order valence-electron chi connectivity index (χ4n) is 3.07. The molecule has 1 unspecified atom stereocenters. The lowest BCUT2D eigenvalue weighted by atomic mass is 10.1. The maximum Gasteiger partial charge on any atom is 0.139 e. The number of nitrogens with zero attached hydrogens (tertiary/aromatic N) is 2. The number of rotatable bonds is 2. The van der Waals surface area contributed by atoms with Gasteiger partial charge >= 0.3 is 0 Å². The molecule has 0 aromatic heterocycles. The lowest BCUT2D eigenvalue weighted by Crippen LogP contribution is -2.50. The van der Waals surface area contributed by atoms with Gasteiger partial charge in [-0.25, -0.2) is 0 Å². The molecule has 0 spiro atoms. The van der Waals surface area contributed by atoms with Crippen LogP contribution in [0, 0.1) is 0 Å². The van der Waals surface area contributed by atoms with Crippen molar-refractivity contribution in [1.82, 2.24) is 4.90 Å². The highest BCUT2D eigenvalue weighted by Gasteiger charge is 2.30. The summed E-state index contributed by atoms with van der Waals surface area (Å²) in [5.41, 5.74) is 1.22. The monoisotopic (exact) mass is 266 g/mol. The van der Waals surface area contributed by atoms with Gasteiger partial charge in [-0.2, -0.15) is 0 Å². The molecule has 18 heavy (non-hydrogen) atoms. The van der Waals surface area contributed by atoms with Crippen molar-refractivity contribution in [2.45, 2.75) is 18.9 Å². The first-order valence-electron chi connectivity index (χ1n) is 6.60. The minimum absolute atomic E-state index is 0.681. The van der Waals surface area contributed by atoms with Gasteiger partial charge in [0.25, 0.3) is 0 Å². The molecule has 98 valence electrons. The molecule has 2 aliphatic heterocycles. The number of hydrogen-bond donors (Lipinski definition) is 0. The molecule has 0 aliphatic carbocycles. The van der Waals surface area contributed by atoms with Crippen molar-refractivity contribution in [3.8, 4) is 5.75 Å². The van der Waals surface area contributed by atoms with E-state index < -0.39 is 0 Å². The van der Waals surface area contributed by atoms with Crippen LogP contribution in [0.15, 0.2) is 18.2 Å². The largest absolute Gasteiger partial charge is 0.495 e. The van der Waals surface area contributed by atoms with Gasteiger partial charge in [0.1, 0.15) is 5.75 Å². The number of methoxy groups -OCH3 is 1. The van der Waals surface area contributed by atoms with Crippen molar-refractivity contribution in [2.24, 2.45) is 0 Å². The summed E-state index contributed by atoms with van der Waals surface area (Å²) >= 11 is 6.07. The number of fused-ring (bicyclic) bond motifs is 1. The van der Waals surface area contributed by atoms with Crippen LogP contribution in [0.25, 0.3) is 0 Å². The van der Waals surface area contributed by atoms with Crippen LogP contribution < -0.4 is 9.64 Å². The summed E-state index contributed by atoms with van der Waals surface area (Å²) in [4.78, 5) is 5.06. The third kappa shape index (κ3) is 2.17. The Balaban J connectivity index is 1.78. The summed E-state index contributed by atoms with van der Waals surface area (Å²) in [5.74, 6) is 0.767. The molecule has 1 aromatic rings.